The van der Waals surface area contributed by atoms with Crippen LogP contribution in [-0.2, 0) is 12.8 Å². The Morgan fingerprint density at radius 3 is 2.15 bits per heavy atom. The minimum Gasteiger partial charge on any atom is -0.327 e. The van der Waals surface area contributed by atoms with Gasteiger partial charge in [-0.05, 0) is 43.0 Å². The van der Waals surface area contributed by atoms with Gasteiger partial charge < -0.3 is 5.73 Å². The van der Waals surface area contributed by atoms with Gasteiger partial charge in [0.15, 0.2) is 0 Å². The smallest absolute Gasteiger partial charge is 0.0174 e. The molecular weight excluding hydrogens is 262 g/mol. The average molecular weight is 285 g/mol. The molecule has 2 aromatic carbocycles. The van der Waals surface area contributed by atoms with Crippen LogP contribution < -0.4 is 5.73 Å². The summed E-state index contributed by atoms with van der Waals surface area (Å²) in [5, 5.41) is 0. The summed E-state index contributed by atoms with van der Waals surface area (Å²) in [5.41, 5.74) is 10.3. The van der Waals surface area contributed by atoms with Gasteiger partial charge in [0, 0.05) is 16.7 Å². The maximum Gasteiger partial charge on any atom is 0.0174 e. The highest BCUT2D eigenvalue weighted by Gasteiger charge is 2.05. The summed E-state index contributed by atoms with van der Waals surface area (Å²) in [6, 6.07) is 17.7. The maximum absolute atomic E-state index is 6.23. The summed E-state index contributed by atoms with van der Waals surface area (Å²) in [7, 11) is 0. The molecule has 1 atom stereocenters. The van der Waals surface area contributed by atoms with E-state index in [1.807, 2.05) is 11.8 Å². The van der Waals surface area contributed by atoms with Crippen LogP contribution in [0.15, 0.2) is 53.4 Å². The van der Waals surface area contributed by atoms with Crippen LogP contribution in [0.25, 0.3) is 0 Å². The second kappa shape index (κ2) is 7.51. The lowest BCUT2D eigenvalue weighted by Crippen LogP contribution is -2.25. The molecule has 0 aliphatic carbocycles. The molecule has 0 aromatic heterocycles. The van der Waals surface area contributed by atoms with Crippen molar-refractivity contribution < 1.29 is 0 Å². The van der Waals surface area contributed by atoms with Gasteiger partial charge in [-0.3, -0.25) is 0 Å². The average Bonchev–Trinajstić information content (AvgIpc) is 2.47. The first kappa shape index (κ1) is 15.1. The van der Waals surface area contributed by atoms with Gasteiger partial charge in [0.05, 0.1) is 0 Å². The summed E-state index contributed by atoms with van der Waals surface area (Å²) >= 11 is 1.84. The first-order valence-electron chi connectivity index (χ1n) is 7.20. The Hall–Kier alpha value is -1.25. The third-order valence-electron chi connectivity index (χ3n) is 3.41. The van der Waals surface area contributed by atoms with Crippen molar-refractivity contribution in [3.05, 3.63) is 65.2 Å². The van der Waals surface area contributed by atoms with Crippen LogP contribution >= 0.6 is 11.8 Å². The lowest BCUT2D eigenvalue weighted by Gasteiger charge is -2.12. The molecule has 0 aliphatic rings. The SMILES string of the molecule is CCc1ccc(CC(N)CSc2ccc(C)cc2)cc1. The Bertz CT molecular complexity index is 516. The molecule has 0 aliphatic heterocycles. The van der Waals surface area contributed by atoms with Crippen LogP contribution in [0.3, 0.4) is 0 Å². The van der Waals surface area contributed by atoms with E-state index in [0.29, 0.717) is 0 Å². The van der Waals surface area contributed by atoms with Crippen molar-refractivity contribution in [3.8, 4) is 0 Å². The predicted octanol–water partition coefficient (Wildman–Crippen LogP) is 4.22. The summed E-state index contributed by atoms with van der Waals surface area (Å²) in [4.78, 5) is 1.30. The number of hydrogen-bond acceptors (Lipinski definition) is 2. The Morgan fingerprint density at radius 1 is 0.950 bits per heavy atom. The number of hydrogen-bond donors (Lipinski definition) is 1. The lowest BCUT2D eigenvalue weighted by molar-refractivity contribution is 0.748. The molecule has 0 radical (unpaired) electrons. The number of aryl methyl sites for hydroxylation is 2. The highest BCUT2D eigenvalue weighted by molar-refractivity contribution is 7.99. The molecule has 0 saturated carbocycles. The highest BCUT2D eigenvalue weighted by Crippen LogP contribution is 2.19. The Balaban J connectivity index is 1.82. The Kier molecular flexibility index (Phi) is 5.69. The molecule has 2 heteroatoms. The van der Waals surface area contributed by atoms with E-state index in [-0.39, 0.29) is 6.04 Å². The molecule has 0 bridgehead atoms. The number of rotatable bonds is 6. The lowest BCUT2D eigenvalue weighted by atomic mass is 10.0. The van der Waals surface area contributed by atoms with Gasteiger partial charge in [0.25, 0.3) is 0 Å². The van der Waals surface area contributed by atoms with Crippen LogP contribution in [0, 0.1) is 6.92 Å². The van der Waals surface area contributed by atoms with Gasteiger partial charge >= 0.3 is 0 Å². The normalized spacial score (nSPS) is 12.3. The summed E-state index contributed by atoms with van der Waals surface area (Å²) in [6.07, 6.45) is 2.04. The zero-order chi connectivity index (χ0) is 14.4. The quantitative estimate of drug-likeness (QED) is 0.804. The van der Waals surface area contributed by atoms with E-state index in [1.165, 1.54) is 21.6 Å². The molecule has 106 valence electrons. The molecule has 0 spiro atoms. The van der Waals surface area contributed by atoms with Crippen LogP contribution in [0.4, 0.5) is 0 Å². The molecule has 0 amide bonds. The van der Waals surface area contributed by atoms with E-state index in [2.05, 4.69) is 62.4 Å². The van der Waals surface area contributed by atoms with Gasteiger partial charge in [0.2, 0.25) is 0 Å². The minimum absolute atomic E-state index is 0.203. The standard InChI is InChI=1S/C18H23NS/c1-3-15-6-8-16(9-7-15)12-17(19)13-20-18-10-4-14(2)5-11-18/h4-11,17H,3,12-13,19H2,1-2H3. The van der Waals surface area contributed by atoms with Gasteiger partial charge in [-0.1, -0.05) is 48.9 Å². The van der Waals surface area contributed by atoms with Crippen molar-refractivity contribution in [1.29, 1.82) is 0 Å². The highest BCUT2D eigenvalue weighted by atomic mass is 32.2. The van der Waals surface area contributed by atoms with Gasteiger partial charge in [-0.25, -0.2) is 0 Å². The summed E-state index contributed by atoms with van der Waals surface area (Å²) in [5.74, 6) is 0.957. The van der Waals surface area contributed by atoms with E-state index in [9.17, 15) is 0 Å². The minimum atomic E-state index is 0.203. The predicted molar refractivity (Wildman–Crippen MR) is 89.4 cm³/mol. The number of nitrogens with two attached hydrogens (primary N) is 1. The van der Waals surface area contributed by atoms with Crippen molar-refractivity contribution in [1.82, 2.24) is 0 Å². The van der Waals surface area contributed by atoms with Crippen molar-refractivity contribution in [3.63, 3.8) is 0 Å². The zero-order valence-electron chi connectivity index (χ0n) is 12.3. The molecular formula is C18H23NS. The van der Waals surface area contributed by atoms with Crippen LogP contribution in [0.1, 0.15) is 23.6 Å². The fourth-order valence-electron chi connectivity index (χ4n) is 2.11. The summed E-state index contributed by atoms with van der Waals surface area (Å²) < 4.78 is 0. The molecule has 0 saturated heterocycles. The van der Waals surface area contributed by atoms with Crippen molar-refractivity contribution in [2.24, 2.45) is 5.73 Å². The Morgan fingerprint density at radius 2 is 1.55 bits per heavy atom. The maximum atomic E-state index is 6.23. The first-order chi connectivity index (χ1) is 9.67. The van der Waals surface area contributed by atoms with E-state index in [0.717, 1.165) is 18.6 Å². The first-order valence-corrected chi connectivity index (χ1v) is 8.19. The molecule has 0 fully saturated rings. The molecule has 20 heavy (non-hydrogen) atoms. The van der Waals surface area contributed by atoms with Crippen LogP contribution in [-0.4, -0.2) is 11.8 Å². The third-order valence-corrected chi connectivity index (χ3v) is 4.61. The van der Waals surface area contributed by atoms with Crippen molar-refractivity contribution in [2.75, 3.05) is 5.75 Å². The largest absolute Gasteiger partial charge is 0.327 e. The zero-order valence-corrected chi connectivity index (χ0v) is 13.1. The second-order valence-corrected chi connectivity index (χ2v) is 6.35. The van der Waals surface area contributed by atoms with E-state index in [4.69, 9.17) is 5.73 Å². The third kappa shape index (κ3) is 4.69. The van der Waals surface area contributed by atoms with Crippen LogP contribution in [0.5, 0.6) is 0 Å². The number of thioether (sulfide) groups is 1. The molecule has 1 nitrogen and oxygen atoms in total. The summed E-state index contributed by atoms with van der Waals surface area (Å²) in [6.45, 7) is 4.29. The van der Waals surface area contributed by atoms with Gasteiger partial charge in [-0.2, -0.15) is 0 Å². The molecule has 2 rings (SSSR count). The van der Waals surface area contributed by atoms with E-state index < -0.39 is 0 Å². The molecule has 0 heterocycles. The topological polar surface area (TPSA) is 26.0 Å². The monoisotopic (exact) mass is 285 g/mol. The molecule has 2 aromatic rings. The van der Waals surface area contributed by atoms with Gasteiger partial charge in [-0.15, -0.1) is 11.8 Å². The number of benzene rings is 2. The fraction of sp³-hybridized carbons (Fsp3) is 0.333. The molecule has 2 N–H and O–H groups in total. The van der Waals surface area contributed by atoms with Crippen LogP contribution in [0.2, 0.25) is 0 Å². The molecule has 1 unspecified atom stereocenters. The van der Waals surface area contributed by atoms with Crippen molar-refractivity contribution in [2.45, 2.75) is 37.6 Å². The van der Waals surface area contributed by atoms with E-state index in [1.54, 1.807) is 0 Å². The van der Waals surface area contributed by atoms with Gasteiger partial charge in [0.1, 0.15) is 0 Å². The Labute approximate surface area is 126 Å². The fourth-order valence-corrected chi connectivity index (χ4v) is 2.96. The second-order valence-electron chi connectivity index (χ2n) is 5.26. The van der Waals surface area contributed by atoms with E-state index >= 15 is 0 Å². The van der Waals surface area contributed by atoms with Crippen molar-refractivity contribution >= 4 is 11.8 Å².